The van der Waals surface area contributed by atoms with Crippen LogP contribution >= 0.6 is 11.3 Å². The third-order valence-corrected chi connectivity index (χ3v) is 4.41. The molecule has 0 fully saturated rings. The lowest BCUT2D eigenvalue weighted by molar-refractivity contribution is 0.204. The molecule has 2 aromatic heterocycles. The first-order chi connectivity index (χ1) is 9.75. The van der Waals surface area contributed by atoms with E-state index < -0.39 is 0 Å². The predicted molar refractivity (Wildman–Crippen MR) is 76.2 cm³/mol. The molecule has 0 spiro atoms. The molecule has 1 N–H and O–H groups in total. The van der Waals surface area contributed by atoms with Crippen molar-refractivity contribution in [3.8, 4) is 0 Å². The molecule has 3 rings (SSSR count). The molecule has 0 aromatic carbocycles. The summed E-state index contributed by atoms with van der Waals surface area (Å²) in [7, 11) is 0. The van der Waals surface area contributed by atoms with E-state index in [-0.39, 0.29) is 11.7 Å². The van der Waals surface area contributed by atoms with Gasteiger partial charge in [-0.15, -0.1) is 16.1 Å². The first-order valence-corrected chi connectivity index (χ1v) is 7.68. The molecule has 1 amide bonds. The zero-order valence-corrected chi connectivity index (χ0v) is 11.9. The summed E-state index contributed by atoms with van der Waals surface area (Å²) >= 11 is 1.58. The molecular weight excluding hydrogens is 276 g/mol. The predicted octanol–water partition coefficient (Wildman–Crippen LogP) is 2.53. The molecule has 1 aliphatic carbocycles. The number of thiophene rings is 1. The van der Waals surface area contributed by atoms with Gasteiger partial charge in [-0.2, -0.15) is 0 Å². The van der Waals surface area contributed by atoms with Crippen LogP contribution in [0.25, 0.3) is 0 Å². The van der Waals surface area contributed by atoms with Gasteiger partial charge in [0.1, 0.15) is 0 Å². The van der Waals surface area contributed by atoms with Crippen LogP contribution in [0.4, 0.5) is 4.79 Å². The summed E-state index contributed by atoms with van der Waals surface area (Å²) in [5.74, 6) is 0. The summed E-state index contributed by atoms with van der Waals surface area (Å²) in [6.07, 6.45) is 4.50. The molecule has 2 aromatic rings. The molecule has 0 unspecified atom stereocenters. The molecular formula is C14H16N2O3S. The standard InChI is InChI=1S/C14H16N2O3S/c17-13-11-6-2-1-3-7-12(11)16(19-13)14(18)15-9-10-5-4-8-20-10/h4-5,8H,1-3,6-7,9H2,(H,15,18). The summed E-state index contributed by atoms with van der Waals surface area (Å²) in [4.78, 5) is 25.0. The number of nitrogens with zero attached hydrogens (tertiary/aromatic N) is 1. The minimum Gasteiger partial charge on any atom is -0.330 e. The molecule has 106 valence electrons. The largest absolute Gasteiger partial charge is 0.361 e. The summed E-state index contributed by atoms with van der Waals surface area (Å²) in [6, 6.07) is 3.53. The Morgan fingerprint density at radius 3 is 3.00 bits per heavy atom. The van der Waals surface area contributed by atoms with Crippen molar-refractivity contribution >= 4 is 17.4 Å². The average molecular weight is 292 g/mol. The van der Waals surface area contributed by atoms with Crippen LogP contribution < -0.4 is 10.9 Å². The zero-order valence-electron chi connectivity index (χ0n) is 11.1. The van der Waals surface area contributed by atoms with Crippen LogP contribution in [0.2, 0.25) is 0 Å². The molecule has 0 saturated heterocycles. The monoisotopic (exact) mass is 292 g/mol. The molecule has 1 aliphatic rings. The van der Waals surface area contributed by atoms with Crippen LogP contribution in [-0.4, -0.2) is 10.8 Å². The highest BCUT2D eigenvalue weighted by atomic mass is 32.1. The van der Waals surface area contributed by atoms with E-state index in [0.717, 1.165) is 41.0 Å². The number of fused-ring (bicyclic) bond motifs is 1. The van der Waals surface area contributed by atoms with Crippen molar-refractivity contribution < 1.29 is 9.32 Å². The fraction of sp³-hybridized carbons (Fsp3) is 0.429. The van der Waals surface area contributed by atoms with Crippen molar-refractivity contribution in [3.05, 3.63) is 44.1 Å². The van der Waals surface area contributed by atoms with Crippen LogP contribution in [0.3, 0.4) is 0 Å². The van der Waals surface area contributed by atoms with E-state index in [0.29, 0.717) is 18.5 Å². The van der Waals surface area contributed by atoms with E-state index >= 15 is 0 Å². The van der Waals surface area contributed by atoms with Gasteiger partial charge in [0.15, 0.2) is 0 Å². The Labute approximate surface area is 120 Å². The van der Waals surface area contributed by atoms with Gasteiger partial charge in [0.25, 0.3) is 0 Å². The SMILES string of the molecule is O=C(NCc1cccs1)n1oc(=O)c2c1CCCCC2. The van der Waals surface area contributed by atoms with Crippen molar-refractivity contribution in [2.75, 3.05) is 0 Å². The van der Waals surface area contributed by atoms with Gasteiger partial charge in [-0.3, -0.25) is 0 Å². The molecule has 20 heavy (non-hydrogen) atoms. The Morgan fingerprint density at radius 2 is 2.20 bits per heavy atom. The van der Waals surface area contributed by atoms with E-state index in [1.54, 1.807) is 11.3 Å². The normalized spacial score (nSPS) is 14.6. The summed E-state index contributed by atoms with van der Waals surface area (Å²) in [5.41, 5.74) is 1.05. The smallest absolute Gasteiger partial charge is 0.330 e. The summed E-state index contributed by atoms with van der Waals surface area (Å²) in [5, 5.41) is 4.75. The van der Waals surface area contributed by atoms with E-state index in [1.807, 2.05) is 17.5 Å². The van der Waals surface area contributed by atoms with Gasteiger partial charge >= 0.3 is 11.7 Å². The number of carbonyl (C=O) groups excluding carboxylic acids is 1. The van der Waals surface area contributed by atoms with Gasteiger partial charge in [0.2, 0.25) is 0 Å². The number of hydrogen-bond donors (Lipinski definition) is 1. The van der Waals surface area contributed by atoms with Gasteiger partial charge in [0.05, 0.1) is 17.8 Å². The van der Waals surface area contributed by atoms with Gasteiger partial charge < -0.3 is 9.84 Å². The molecule has 0 aliphatic heterocycles. The van der Waals surface area contributed by atoms with Gasteiger partial charge in [-0.05, 0) is 37.1 Å². The van der Waals surface area contributed by atoms with E-state index in [1.165, 1.54) is 0 Å². The quantitative estimate of drug-likeness (QED) is 0.865. The first kappa shape index (κ1) is 13.2. The third-order valence-electron chi connectivity index (χ3n) is 3.53. The van der Waals surface area contributed by atoms with Crippen LogP contribution in [0.1, 0.15) is 35.4 Å². The van der Waals surface area contributed by atoms with E-state index in [4.69, 9.17) is 4.52 Å². The molecule has 6 heteroatoms. The lowest BCUT2D eigenvalue weighted by atomic mass is 10.1. The Morgan fingerprint density at radius 1 is 1.35 bits per heavy atom. The number of carbonyl (C=O) groups is 1. The Kier molecular flexibility index (Phi) is 3.73. The van der Waals surface area contributed by atoms with Gasteiger partial charge in [0, 0.05) is 4.88 Å². The van der Waals surface area contributed by atoms with E-state index in [9.17, 15) is 9.59 Å². The van der Waals surface area contributed by atoms with Crippen LogP contribution in [0.15, 0.2) is 26.8 Å². The zero-order chi connectivity index (χ0) is 13.9. The van der Waals surface area contributed by atoms with Gasteiger partial charge in [-0.25, -0.2) is 9.59 Å². The number of rotatable bonds is 2. The summed E-state index contributed by atoms with van der Waals surface area (Å²) < 4.78 is 6.26. The van der Waals surface area contributed by atoms with Crippen LogP contribution in [-0.2, 0) is 19.4 Å². The number of hydrogen-bond acceptors (Lipinski definition) is 4. The highest BCUT2D eigenvalue weighted by Gasteiger charge is 2.22. The highest BCUT2D eigenvalue weighted by molar-refractivity contribution is 7.09. The lowest BCUT2D eigenvalue weighted by Gasteiger charge is -2.06. The maximum atomic E-state index is 12.2. The minimum absolute atomic E-state index is 0.362. The fourth-order valence-electron chi connectivity index (χ4n) is 2.52. The van der Waals surface area contributed by atoms with Gasteiger partial charge in [-0.1, -0.05) is 12.5 Å². The molecule has 0 bridgehead atoms. The molecule has 0 atom stereocenters. The Bertz CT molecular complexity index is 655. The highest BCUT2D eigenvalue weighted by Crippen LogP contribution is 2.18. The van der Waals surface area contributed by atoms with Crippen molar-refractivity contribution in [2.24, 2.45) is 0 Å². The molecule has 5 nitrogen and oxygen atoms in total. The topological polar surface area (TPSA) is 64.2 Å². The van der Waals surface area contributed by atoms with E-state index in [2.05, 4.69) is 5.32 Å². The number of aromatic nitrogens is 1. The third kappa shape index (κ3) is 2.56. The average Bonchev–Trinajstić information content (AvgIpc) is 2.98. The maximum absolute atomic E-state index is 12.2. The molecule has 2 heterocycles. The Balaban J connectivity index is 1.79. The second-order valence-electron chi connectivity index (χ2n) is 4.90. The number of nitrogens with one attached hydrogen (secondary N) is 1. The van der Waals surface area contributed by atoms with Crippen molar-refractivity contribution in [3.63, 3.8) is 0 Å². The minimum atomic E-state index is -0.367. The second kappa shape index (κ2) is 5.66. The van der Waals surface area contributed by atoms with Crippen molar-refractivity contribution in [2.45, 2.75) is 38.6 Å². The summed E-state index contributed by atoms with van der Waals surface area (Å²) in [6.45, 7) is 0.452. The number of amides is 1. The van der Waals surface area contributed by atoms with Crippen molar-refractivity contribution in [1.82, 2.24) is 10.1 Å². The van der Waals surface area contributed by atoms with Crippen LogP contribution in [0.5, 0.6) is 0 Å². The van der Waals surface area contributed by atoms with Crippen LogP contribution in [0, 0.1) is 0 Å². The fourth-order valence-corrected chi connectivity index (χ4v) is 3.16. The maximum Gasteiger partial charge on any atom is 0.361 e. The van der Waals surface area contributed by atoms with Crippen molar-refractivity contribution in [1.29, 1.82) is 0 Å². The second-order valence-corrected chi connectivity index (χ2v) is 5.93. The molecule has 0 radical (unpaired) electrons. The Hall–Kier alpha value is -1.82. The first-order valence-electron chi connectivity index (χ1n) is 6.80. The molecule has 0 saturated carbocycles. The lowest BCUT2D eigenvalue weighted by Crippen LogP contribution is -2.28.